The lowest BCUT2D eigenvalue weighted by Gasteiger charge is -2.20. The summed E-state index contributed by atoms with van der Waals surface area (Å²) in [6.45, 7) is -0.280. The van der Waals surface area contributed by atoms with Gasteiger partial charge in [-0.25, -0.2) is 0 Å². The molecule has 2 N–H and O–H groups in total. The third-order valence-corrected chi connectivity index (χ3v) is 3.85. The van der Waals surface area contributed by atoms with Crippen LogP contribution >= 0.6 is 11.6 Å². The standard InChI is InChI=1S/C17H16ClF3O3/c1-24-16(15-13(18)6-11(9-22)7-14(15)23)12-4-2-10(3-5-12)8-17(19,20)21/h2-7,16,22-23H,8-9H2,1H3. The van der Waals surface area contributed by atoms with Crippen molar-refractivity contribution in [2.75, 3.05) is 7.11 Å². The summed E-state index contributed by atoms with van der Waals surface area (Å²) >= 11 is 6.16. The van der Waals surface area contributed by atoms with E-state index in [0.29, 0.717) is 16.7 Å². The maximum Gasteiger partial charge on any atom is 0.393 e. The molecule has 24 heavy (non-hydrogen) atoms. The van der Waals surface area contributed by atoms with Crippen molar-refractivity contribution in [3.8, 4) is 5.75 Å². The van der Waals surface area contributed by atoms with Gasteiger partial charge >= 0.3 is 6.18 Å². The van der Waals surface area contributed by atoms with Crippen molar-refractivity contribution in [1.82, 2.24) is 0 Å². The van der Waals surface area contributed by atoms with E-state index in [4.69, 9.17) is 21.4 Å². The van der Waals surface area contributed by atoms with E-state index in [1.807, 2.05) is 0 Å². The van der Waals surface area contributed by atoms with Gasteiger partial charge in [-0.1, -0.05) is 35.9 Å². The molecule has 0 aliphatic carbocycles. The van der Waals surface area contributed by atoms with E-state index in [9.17, 15) is 18.3 Å². The molecule has 0 aliphatic heterocycles. The maximum atomic E-state index is 12.4. The molecule has 0 amide bonds. The number of halogens is 4. The quantitative estimate of drug-likeness (QED) is 0.832. The number of benzene rings is 2. The van der Waals surface area contributed by atoms with E-state index in [-0.39, 0.29) is 22.9 Å². The molecular weight excluding hydrogens is 345 g/mol. The largest absolute Gasteiger partial charge is 0.507 e. The molecule has 0 saturated carbocycles. The van der Waals surface area contributed by atoms with Gasteiger partial charge in [-0.3, -0.25) is 0 Å². The first kappa shape index (κ1) is 18.6. The topological polar surface area (TPSA) is 49.7 Å². The molecule has 0 aliphatic rings. The Balaban J connectivity index is 2.35. The van der Waals surface area contributed by atoms with Gasteiger partial charge in [0.1, 0.15) is 11.9 Å². The summed E-state index contributed by atoms with van der Waals surface area (Å²) < 4.78 is 42.6. The molecule has 130 valence electrons. The molecule has 1 unspecified atom stereocenters. The molecular formula is C17H16ClF3O3. The minimum absolute atomic E-state index is 0.132. The molecule has 1 atom stereocenters. The van der Waals surface area contributed by atoms with Gasteiger partial charge in [-0.05, 0) is 28.8 Å². The van der Waals surface area contributed by atoms with Crippen molar-refractivity contribution < 1.29 is 28.1 Å². The molecule has 0 bridgehead atoms. The summed E-state index contributed by atoms with van der Waals surface area (Å²) in [6.07, 6.45) is -6.03. The molecule has 3 nitrogen and oxygen atoms in total. The van der Waals surface area contributed by atoms with Crippen LogP contribution in [0.2, 0.25) is 5.02 Å². The zero-order chi connectivity index (χ0) is 17.9. The van der Waals surface area contributed by atoms with Crippen LogP contribution in [-0.2, 0) is 17.8 Å². The van der Waals surface area contributed by atoms with Crippen molar-refractivity contribution >= 4 is 11.6 Å². The number of ether oxygens (including phenoxy) is 1. The zero-order valence-electron chi connectivity index (χ0n) is 12.8. The number of phenols is 1. The van der Waals surface area contributed by atoms with Gasteiger partial charge in [0, 0.05) is 12.7 Å². The number of methoxy groups -OCH3 is 1. The van der Waals surface area contributed by atoms with Crippen LogP contribution in [0.5, 0.6) is 5.75 Å². The molecule has 0 spiro atoms. The fourth-order valence-corrected chi connectivity index (χ4v) is 2.81. The van der Waals surface area contributed by atoms with Crippen molar-refractivity contribution in [3.05, 3.63) is 63.7 Å². The normalized spacial score (nSPS) is 13.1. The predicted octanol–water partition coefficient (Wildman–Crippen LogP) is 4.38. The van der Waals surface area contributed by atoms with Crippen LogP contribution in [-0.4, -0.2) is 23.5 Å². The third-order valence-electron chi connectivity index (χ3n) is 3.53. The summed E-state index contributed by atoms with van der Waals surface area (Å²) in [6, 6.07) is 8.60. The summed E-state index contributed by atoms with van der Waals surface area (Å²) in [5.74, 6) is -0.155. The van der Waals surface area contributed by atoms with Crippen LogP contribution in [0.1, 0.15) is 28.4 Å². The van der Waals surface area contributed by atoms with Crippen LogP contribution in [0.4, 0.5) is 13.2 Å². The zero-order valence-corrected chi connectivity index (χ0v) is 13.5. The Morgan fingerprint density at radius 3 is 2.21 bits per heavy atom. The predicted molar refractivity (Wildman–Crippen MR) is 84.1 cm³/mol. The Labute approximate surface area is 142 Å². The van der Waals surface area contributed by atoms with Gasteiger partial charge in [0.2, 0.25) is 0 Å². The number of alkyl halides is 3. The monoisotopic (exact) mass is 360 g/mol. The van der Waals surface area contributed by atoms with Crippen molar-refractivity contribution in [2.24, 2.45) is 0 Å². The number of aromatic hydroxyl groups is 1. The lowest BCUT2D eigenvalue weighted by molar-refractivity contribution is -0.127. The highest BCUT2D eigenvalue weighted by Crippen LogP contribution is 2.38. The van der Waals surface area contributed by atoms with E-state index in [0.717, 1.165) is 0 Å². The molecule has 0 radical (unpaired) electrons. The first-order chi connectivity index (χ1) is 11.2. The number of hydrogen-bond acceptors (Lipinski definition) is 3. The molecule has 0 fully saturated rings. The lowest BCUT2D eigenvalue weighted by atomic mass is 9.97. The first-order valence-corrected chi connectivity index (χ1v) is 7.43. The van der Waals surface area contributed by atoms with Crippen molar-refractivity contribution in [3.63, 3.8) is 0 Å². The van der Waals surface area contributed by atoms with Crippen LogP contribution in [0, 0.1) is 0 Å². The van der Waals surface area contributed by atoms with Gasteiger partial charge in [0.05, 0.1) is 18.1 Å². The number of rotatable bonds is 5. The van der Waals surface area contributed by atoms with Gasteiger partial charge in [0.15, 0.2) is 0 Å². The summed E-state index contributed by atoms with van der Waals surface area (Å²) in [7, 11) is 1.41. The molecule has 0 saturated heterocycles. The molecule has 2 rings (SSSR count). The highest BCUT2D eigenvalue weighted by molar-refractivity contribution is 6.31. The SMILES string of the molecule is COC(c1ccc(CC(F)(F)F)cc1)c1c(O)cc(CO)cc1Cl. The van der Waals surface area contributed by atoms with Crippen molar-refractivity contribution in [2.45, 2.75) is 25.3 Å². The first-order valence-electron chi connectivity index (χ1n) is 7.05. The molecule has 2 aromatic carbocycles. The van der Waals surface area contributed by atoms with E-state index in [1.54, 1.807) is 0 Å². The van der Waals surface area contributed by atoms with Crippen LogP contribution in [0.3, 0.4) is 0 Å². The number of aliphatic hydroxyl groups excluding tert-OH is 1. The molecule has 0 heterocycles. The average Bonchev–Trinajstić information content (AvgIpc) is 2.50. The smallest absolute Gasteiger partial charge is 0.393 e. The number of hydrogen-bond donors (Lipinski definition) is 2. The number of aliphatic hydroxyl groups is 1. The van der Waals surface area contributed by atoms with Crippen LogP contribution in [0.15, 0.2) is 36.4 Å². The molecule has 0 aromatic heterocycles. The Morgan fingerprint density at radius 1 is 1.12 bits per heavy atom. The van der Waals surface area contributed by atoms with E-state index >= 15 is 0 Å². The second kappa shape index (κ2) is 7.42. The maximum absolute atomic E-state index is 12.4. The molecule has 7 heteroatoms. The Kier molecular flexibility index (Phi) is 5.74. The average molecular weight is 361 g/mol. The fourth-order valence-electron chi connectivity index (χ4n) is 2.47. The van der Waals surface area contributed by atoms with Crippen LogP contribution in [0.25, 0.3) is 0 Å². The van der Waals surface area contributed by atoms with E-state index in [2.05, 4.69) is 0 Å². The Hall–Kier alpha value is -1.76. The summed E-state index contributed by atoms with van der Waals surface area (Å²) in [5, 5.41) is 19.5. The van der Waals surface area contributed by atoms with Crippen LogP contribution < -0.4 is 0 Å². The van der Waals surface area contributed by atoms with E-state index in [1.165, 1.54) is 43.5 Å². The van der Waals surface area contributed by atoms with Gasteiger partial charge in [-0.15, -0.1) is 0 Å². The Bertz CT molecular complexity index is 676. The summed E-state index contributed by atoms with van der Waals surface area (Å²) in [5.41, 5.74) is 1.42. The number of phenolic OH excluding ortho intramolecular Hbond substituents is 1. The highest BCUT2D eigenvalue weighted by Gasteiger charge is 2.28. The van der Waals surface area contributed by atoms with Gasteiger partial charge < -0.3 is 14.9 Å². The fraction of sp³-hybridized carbons (Fsp3) is 0.294. The third kappa shape index (κ3) is 4.41. The Morgan fingerprint density at radius 2 is 1.75 bits per heavy atom. The van der Waals surface area contributed by atoms with Crippen molar-refractivity contribution in [1.29, 1.82) is 0 Å². The summed E-state index contributed by atoms with van der Waals surface area (Å²) in [4.78, 5) is 0. The minimum Gasteiger partial charge on any atom is -0.507 e. The molecule has 2 aromatic rings. The second-order valence-corrected chi connectivity index (χ2v) is 5.73. The second-order valence-electron chi connectivity index (χ2n) is 5.32. The lowest BCUT2D eigenvalue weighted by Crippen LogP contribution is -2.11. The minimum atomic E-state index is -4.27. The van der Waals surface area contributed by atoms with E-state index < -0.39 is 18.7 Å². The van der Waals surface area contributed by atoms with Gasteiger partial charge in [-0.2, -0.15) is 13.2 Å². The highest BCUT2D eigenvalue weighted by atomic mass is 35.5. The van der Waals surface area contributed by atoms with Gasteiger partial charge in [0.25, 0.3) is 0 Å².